The Kier molecular flexibility index (Phi) is 4.14. The first-order chi connectivity index (χ1) is 8.94. The topological polar surface area (TPSA) is 64.0 Å². The van der Waals surface area contributed by atoms with Crippen molar-refractivity contribution in [3.63, 3.8) is 0 Å². The normalized spacial score (nSPS) is 11.5. The number of hydrogen-bond acceptors (Lipinski definition) is 3. The molecule has 0 saturated heterocycles. The van der Waals surface area contributed by atoms with Crippen molar-refractivity contribution in [3.8, 4) is 0 Å². The fourth-order valence-electron chi connectivity index (χ4n) is 1.74. The Morgan fingerprint density at radius 1 is 1.32 bits per heavy atom. The zero-order valence-electron chi connectivity index (χ0n) is 10.6. The Hall–Kier alpha value is -1.09. The summed E-state index contributed by atoms with van der Waals surface area (Å²) in [5.41, 5.74) is 1.18. The molecule has 19 heavy (non-hydrogen) atoms. The minimum Gasteiger partial charge on any atom is -0.280 e. The van der Waals surface area contributed by atoms with Gasteiger partial charge < -0.3 is 0 Å². The van der Waals surface area contributed by atoms with Crippen molar-refractivity contribution >= 4 is 38.3 Å². The minimum absolute atomic E-state index is 0.216. The molecular formula is C12H14IN3O2S. The van der Waals surface area contributed by atoms with Crippen molar-refractivity contribution in [3.05, 3.63) is 39.7 Å². The van der Waals surface area contributed by atoms with E-state index in [1.54, 1.807) is 23.7 Å². The first kappa shape index (κ1) is 14.3. The first-order valence-corrected chi connectivity index (χ1v) is 8.31. The summed E-state index contributed by atoms with van der Waals surface area (Å²) in [6.45, 7) is 4.31. The second-order valence-corrected chi connectivity index (χ2v) is 6.92. The number of sulfonamides is 1. The lowest BCUT2D eigenvalue weighted by Gasteiger charge is -2.08. The lowest BCUT2D eigenvalue weighted by molar-refractivity contribution is 0.598. The second kappa shape index (κ2) is 5.49. The summed E-state index contributed by atoms with van der Waals surface area (Å²) in [7, 11) is -3.58. The number of nitrogens with one attached hydrogen (secondary N) is 1. The highest BCUT2D eigenvalue weighted by molar-refractivity contribution is 14.1. The van der Waals surface area contributed by atoms with E-state index in [0.717, 1.165) is 3.57 Å². The highest BCUT2D eigenvalue weighted by Crippen LogP contribution is 2.19. The monoisotopic (exact) mass is 391 g/mol. The molecule has 0 amide bonds. The number of halogens is 1. The van der Waals surface area contributed by atoms with Crippen LogP contribution in [0.5, 0.6) is 0 Å². The van der Waals surface area contributed by atoms with Gasteiger partial charge in [-0.15, -0.1) is 0 Å². The summed E-state index contributed by atoms with van der Waals surface area (Å²) >= 11 is 2.17. The van der Waals surface area contributed by atoms with E-state index in [2.05, 4.69) is 32.4 Å². The van der Waals surface area contributed by atoms with Crippen LogP contribution in [-0.2, 0) is 16.6 Å². The van der Waals surface area contributed by atoms with Crippen LogP contribution in [0, 0.1) is 10.5 Å². The third kappa shape index (κ3) is 3.08. The molecule has 1 aromatic heterocycles. The van der Waals surface area contributed by atoms with Crippen LogP contribution in [0.2, 0.25) is 0 Å². The van der Waals surface area contributed by atoms with Gasteiger partial charge in [0.25, 0.3) is 10.0 Å². The van der Waals surface area contributed by atoms with Gasteiger partial charge in [-0.2, -0.15) is 5.10 Å². The second-order valence-electron chi connectivity index (χ2n) is 4.02. The SMILES string of the molecule is CCn1ncc(S(=O)(=O)Nc2ccc(I)cc2)c1C. The molecule has 0 radical (unpaired) electrons. The summed E-state index contributed by atoms with van der Waals surface area (Å²) in [5, 5.41) is 4.05. The maximum absolute atomic E-state index is 12.3. The molecule has 0 spiro atoms. The molecule has 0 aliphatic rings. The average molecular weight is 391 g/mol. The molecule has 1 heterocycles. The number of rotatable bonds is 4. The van der Waals surface area contributed by atoms with Gasteiger partial charge in [0.15, 0.2) is 0 Å². The van der Waals surface area contributed by atoms with E-state index in [1.165, 1.54) is 6.20 Å². The lowest BCUT2D eigenvalue weighted by atomic mass is 10.3. The molecule has 1 aromatic carbocycles. The van der Waals surface area contributed by atoms with Gasteiger partial charge in [0.05, 0.1) is 11.9 Å². The zero-order valence-corrected chi connectivity index (χ0v) is 13.6. The van der Waals surface area contributed by atoms with Gasteiger partial charge in [0.1, 0.15) is 4.90 Å². The number of hydrogen-bond donors (Lipinski definition) is 1. The van der Waals surface area contributed by atoms with Gasteiger partial charge in [-0.05, 0) is 60.7 Å². The number of aromatic nitrogens is 2. The third-order valence-corrected chi connectivity index (χ3v) is 4.95. The van der Waals surface area contributed by atoms with E-state index in [0.29, 0.717) is 17.9 Å². The fourth-order valence-corrected chi connectivity index (χ4v) is 3.34. The van der Waals surface area contributed by atoms with Crippen LogP contribution in [0.3, 0.4) is 0 Å². The van der Waals surface area contributed by atoms with Gasteiger partial charge in [-0.3, -0.25) is 9.40 Å². The van der Waals surface area contributed by atoms with Crippen LogP contribution in [0.1, 0.15) is 12.6 Å². The van der Waals surface area contributed by atoms with E-state index in [-0.39, 0.29) is 4.90 Å². The van der Waals surface area contributed by atoms with Gasteiger partial charge in [-0.25, -0.2) is 8.42 Å². The van der Waals surface area contributed by atoms with Crippen molar-refractivity contribution in [1.29, 1.82) is 0 Å². The maximum atomic E-state index is 12.3. The summed E-state index contributed by atoms with van der Waals surface area (Å²) in [6, 6.07) is 7.17. The van der Waals surface area contributed by atoms with Crippen LogP contribution in [0.4, 0.5) is 5.69 Å². The fraction of sp³-hybridized carbons (Fsp3) is 0.250. The Morgan fingerprint density at radius 3 is 2.47 bits per heavy atom. The van der Waals surface area contributed by atoms with Crippen molar-refractivity contribution < 1.29 is 8.42 Å². The molecule has 2 rings (SSSR count). The molecule has 2 aromatic rings. The zero-order chi connectivity index (χ0) is 14.0. The average Bonchev–Trinajstić information content (AvgIpc) is 2.74. The van der Waals surface area contributed by atoms with E-state index in [4.69, 9.17) is 0 Å². The predicted octanol–water partition coefficient (Wildman–Crippen LogP) is 2.62. The van der Waals surface area contributed by atoms with Crippen LogP contribution >= 0.6 is 22.6 Å². The summed E-state index contributed by atoms with van der Waals surface area (Å²) in [4.78, 5) is 0.216. The third-order valence-electron chi connectivity index (χ3n) is 2.74. The maximum Gasteiger partial charge on any atom is 0.265 e. The van der Waals surface area contributed by atoms with Crippen LogP contribution in [0.25, 0.3) is 0 Å². The Bertz CT molecular complexity index is 678. The highest BCUT2D eigenvalue weighted by atomic mass is 127. The number of benzene rings is 1. The van der Waals surface area contributed by atoms with Gasteiger partial charge in [0.2, 0.25) is 0 Å². The largest absolute Gasteiger partial charge is 0.280 e. The standard InChI is InChI=1S/C12H14IN3O2S/c1-3-16-9(2)12(8-14-16)19(17,18)15-11-6-4-10(13)5-7-11/h4-8,15H,3H2,1-2H3. The number of aryl methyl sites for hydroxylation is 1. The Balaban J connectivity index is 2.32. The molecule has 5 nitrogen and oxygen atoms in total. The lowest BCUT2D eigenvalue weighted by Crippen LogP contribution is -2.14. The summed E-state index contributed by atoms with van der Waals surface area (Å²) < 4.78 is 29.8. The molecule has 0 saturated carbocycles. The van der Waals surface area contributed by atoms with E-state index in [1.807, 2.05) is 19.1 Å². The quantitative estimate of drug-likeness (QED) is 0.816. The van der Waals surface area contributed by atoms with Gasteiger partial charge in [0, 0.05) is 15.8 Å². The molecule has 0 aliphatic heterocycles. The molecule has 0 aliphatic carbocycles. The van der Waals surface area contributed by atoms with Crippen molar-refractivity contribution in [2.75, 3.05) is 4.72 Å². The van der Waals surface area contributed by atoms with Crippen LogP contribution < -0.4 is 4.72 Å². The molecule has 102 valence electrons. The van der Waals surface area contributed by atoms with E-state index < -0.39 is 10.0 Å². The summed E-state index contributed by atoms with van der Waals surface area (Å²) in [6.07, 6.45) is 1.38. The van der Waals surface area contributed by atoms with Crippen LogP contribution in [-0.4, -0.2) is 18.2 Å². The Labute approximate surface area is 126 Å². The van der Waals surface area contributed by atoms with Crippen molar-refractivity contribution in [2.24, 2.45) is 0 Å². The van der Waals surface area contributed by atoms with Gasteiger partial charge >= 0.3 is 0 Å². The smallest absolute Gasteiger partial charge is 0.265 e. The molecule has 0 fully saturated rings. The first-order valence-electron chi connectivity index (χ1n) is 5.75. The number of anilines is 1. The van der Waals surface area contributed by atoms with Gasteiger partial charge in [-0.1, -0.05) is 0 Å². The van der Waals surface area contributed by atoms with Crippen molar-refractivity contribution in [1.82, 2.24) is 9.78 Å². The molecule has 0 unspecified atom stereocenters. The van der Waals surface area contributed by atoms with E-state index >= 15 is 0 Å². The highest BCUT2D eigenvalue weighted by Gasteiger charge is 2.20. The number of nitrogens with zero attached hydrogens (tertiary/aromatic N) is 2. The van der Waals surface area contributed by atoms with Crippen molar-refractivity contribution in [2.45, 2.75) is 25.3 Å². The van der Waals surface area contributed by atoms with E-state index in [9.17, 15) is 8.42 Å². The summed E-state index contributed by atoms with van der Waals surface area (Å²) in [5.74, 6) is 0. The van der Waals surface area contributed by atoms with Crippen LogP contribution in [0.15, 0.2) is 35.4 Å². The molecule has 0 bridgehead atoms. The minimum atomic E-state index is -3.58. The predicted molar refractivity (Wildman–Crippen MR) is 82.6 cm³/mol. The Morgan fingerprint density at radius 2 is 1.95 bits per heavy atom. The molecular weight excluding hydrogens is 377 g/mol. The molecule has 1 N–H and O–H groups in total. The molecule has 0 atom stereocenters. The molecule has 7 heteroatoms.